The van der Waals surface area contributed by atoms with Crippen LogP contribution in [-0.2, 0) is 4.79 Å². The summed E-state index contributed by atoms with van der Waals surface area (Å²) in [5.74, 6) is -0.533. The maximum atomic E-state index is 10.5. The molecule has 0 saturated carbocycles. The standard InChI is InChI=1S/C16H16N2O3/c1-12-6-8-14(9-7-12)18-17-10-13-4-2-3-5-15(13)21-11-16(19)20/h2-10,18H,11H2,1H3,(H,19,20)/b17-10-. The number of aryl methyl sites for hydroxylation is 1. The van der Waals surface area contributed by atoms with Crippen LogP contribution in [0.4, 0.5) is 5.69 Å². The Morgan fingerprint density at radius 2 is 1.95 bits per heavy atom. The van der Waals surface area contributed by atoms with E-state index in [0.717, 1.165) is 5.69 Å². The van der Waals surface area contributed by atoms with Crippen molar-refractivity contribution in [2.24, 2.45) is 5.10 Å². The second-order valence-electron chi connectivity index (χ2n) is 4.46. The quantitative estimate of drug-likeness (QED) is 0.632. The zero-order chi connectivity index (χ0) is 15.1. The van der Waals surface area contributed by atoms with Gasteiger partial charge in [-0.2, -0.15) is 5.10 Å². The summed E-state index contributed by atoms with van der Waals surface area (Å²) >= 11 is 0. The van der Waals surface area contributed by atoms with Crippen molar-refractivity contribution < 1.29 is 14.6 Å². The van der Waals surface area contributed by atoms with Gasteiger partial charge in [0.15, 0.2) is 6.61 Å². The maximum absolute atomic E-state index is 10.5. The van der Waals surface area contributed by atoms with Gasteiger partial charge in [0.2, 0.25) is 0 Å². The predicted molar refractivity (Wildman–Crippen MR) is 82.0 cm³/mol. The summed E-state index contributed by atoms with van der Waals surface area (Å²) in [4.78, 5) is 10.5. The Morgan fingerprint density at radius 1 is 1.24 bits per heavy atom. The van der Waals surface area contributed by atoms with Crippen molar-refractivity contribution in [3.05, 3.63) is 59.7 Å². The first-order chi connectivity index (χ1) is 10.1. The number of nitrogens with one attached hydrogen (secondary N) is 1. The number of hydrazone groups is 1. The normalized spacial score (nSPS) is 10.5. The van der Waals surface area contributed by atoms with Crippen molar-refractivity contribution in [3.63, 3.8) is 0 Å². The van der Waals surface area contributed by atoms with Crippen LogP contribution in [0.15, 0.2) is 53.6 Å². The molecule has 0 fully saturated rings. The Balaban J connectivity index is 2.03. The van der Waals surface area contributed by atoms with Crippen LogP contribution >= 0.6 is 0 Å². The van der Waals surface area contributed by atoms with Crippen molar-refractivity contribution >= 4 is 17.9 Å². The van der Waals surface area contributed by atoms with Crippen LogP contribution in [0.5, 0.6) is 5.75 Å². The molecule has 0 radical (unpaired) electrons. The molecule has 0 spiro atoms. The number of hydrogen-bond acceptors (Lipinski definition) is 4. The molecule has 2 aromatic rings. The van der Waals surface area contributed by atoms with Crippen molar-refractivity contribution in [2.45, 2.75) is 6.92 Å². The Kier molecular flexibility index (Phi) is 4.93. The molecular formula is C16H16N2O3. The van der Waals surface area contributed by atoms with E-state index in [4.69, 9.17) is 9.84 Å². The van der Waals surface area contributed by atoms with Crippen LogP contribution in [-0.4, -0.2) is 23.9 Å². The fourth-order valence-electron chi connectivity index (χ4n) is 1.66. The largest absolute Gasteiger partial charge is 0.481 e. The molecule has 0 atom stereocenters. The topological polar surface area (TPSA) is 70.9 Å². The zero-order valence-electron chi connectivity index (χ0n) is 11.6. The maximum Gasteiger partial charge on any atom is 0.341 e. The van der Waals surface area contributed by atoms with E-state index in [1.165, 1.54) is 5.56 Å². The lowest BCUT2D eigenvalue weighted by molar-refractivity contribution is -0.139. The number of carboxylic acid groups (broad SMARTS) is 1. The highest BCUT2D eigenvalue weighted by Crippen LogP contribution is 2.16. The fraction of sp³-hybridized carbons (Fsp3) is 0.125. The zero-order valence-corrected chi connectivity index (χ0v) is 11.6. The molecule has 0 heterocycles. The lowest BCUT2D eigenvalue weighted by Crippen LogP contribution is -2.10. The fourth-order valence-corrected chi connectivity index (χ4v) is 1.66. The third kappa shape index (κ3) is 4.65. The number of nitrogens with zero attached hydrogens (tertiary/aromatic N) is 1. The minimum Gasteiger partial charge on any atom is -0.481 e. The Morgan fingerprint density at radius 3 is 2.67 bits per heavy atom. The number of anilines is 1. The summed E-state index contributed by atoms with van der Waals surface area (Å²) in [5.41, 5.74) is 5.67. The number of hydrogen-bond donors (Lipinski definition) is 2. The molecule has 5 nitrogen and oxygen atoms in total. The van der Waals surface area contributed by atoms with Crippen molar-refractivity contribution in [3.8, 4) is 5.75 Å². The number of ether oxygens (including phenoxy) is 1. The number of rotatable bonds is 6. The number of para-hydroxylation sites is 1. The van der Waals surface area contributed by atoms with Gasteiger partial charge in [0.05, 0.1) is 11.9 Å². The molecule has 0 aliphatic heterocycles. The van der Waals surface area contributed by atoms with E-state index >= 15 is 0 Å². The second kappa shape index (κ2) is 7.09. The number of benzene rings is 2. The molecule has 0 bridgehead atoms. The average Bonchev–Trinajstić information content (AvgIpc) is 2.48. The Labute approximate surface area is 122 Å². The molecule has 0 aliphatic rings. The molecule has 2 rings (SSSR count). The van der Waals surface area contributed by atoms with E-state index < -0.39 is 5.97 Å². The number of carbonyl (C=O) groups is 1. The highest BCUT2D eigenvalue weighted by atomic mass is 16.5. The van der Waals surface area contributed by atoms with E-state index in [2.05, 4.69) is 10.5 Å². The molecule has 2 N–H and O–H groups in total. The van der Waals surface area contributed by atoms with Gasteiger partial charge in [-0.25, -0.2) is 4.79 Å². The summed E-state index contributed by atoms with van der Waals surface area (Å²) in [6, 6.07) is 15.0. The molecular weight excluding hydrogens is 268 g/mol. The molecule has 0 unspecified atom stereocenters. The highest BCUT2D eigenvalue weighted by Gasteiger charge is 2.03. The van der Waals surface area contributed by atoms with Crippen molar-refractivity contribution in [1.82, 2.24) is 0 Å². The SMILES string of the molecule is Cc1ccc(N/N=C\c2ccccc2OCC(=O)O)cc1. The van der Waals surface area contributed by atoms with Crippen LogP contribution in [0, 0.1) is 6.92 Å². The van der Waals surface area contributed by atoms with Crippen molar-refractivity contribution in [2.75, 3.05) is 12.0 Å². The van der Waals surface area contributed by atoms with Gasteiger partial charge in [0.1, 0.15) is 5.75 Å². The third-order valence-corrected chi connectivity index (χ3v) is 2.72. The molecule has 0 aliphatic carbocycles. The van der Waals surface area contributed by atoms with Gasteiger partial charge in [0.25, 0.3) is 0 Å². The predicted octanol–water partition coefficient (Wildman–Crippen LogP) is 2.90. The molecule has 0 amide bonds. The van der Waals surface area contributed by atoms with Crippen LogP contribution in [0.3, 0.4) is 0 Å². The van der Waals surface area contributed by atoms with Crippen LogP contribution in [0.2, 0.25) is 0 Å². The lowest BCUT2D eigenvalue weighted by Gasteiger charge is -2.06. The van der Waals surface area contributed by atoms with E-state index in [0.29, 0.717) is 11.3 Å². The Hall–Kier alpha value is -2.82. The van der Waals surface area contributed by atoms with E-state index in [-0.39, 0.29) is 6.61 Å². The molecule has 2 aromatic carbocycles. The summed E-state index contributed by atoms with van der Waals surface area (Å²) in [6.45, 7) is 1.64. The molecule has 108 valence electrons. The van der Waals surface area contributed by atoms with E-state index in [1.54, 1.807) is 24.4 Å². The highest BCUT2D eigenvalue weighted by molar-refractivity contribution is 5.84. The van der Waals surface area contributed by atoms with Crippen LogP contribution in [0.1, 0.15) is 11.1 Å². The second-order valence-corrected chi connectivity index (χ2v) is 4.46. The van der Waals surface area contributed by atoms with Crippen LogP contribution < -0.4 is 10.2 Å². The first kappa shape index (κ1) is 14.6. The van der Waals surface area contributed by atoms with Crippen molar-refractivity contribution in [1.29, 1.82) is 0 Å². The first-order valence-electron chi connectivity index (χ1n) is 6.44. The van der Waals surface area contributed by atoms with Gasteiger partial charge in [-0.3, -0.25) is 5.43 Å². The van der Waals surface area contributed by atoms with Gasteiger partial charge in [-0.1, -0.05) is 29.8 Å². The van der Waals surface area contributed by atoms with Gasteiger partial charge in [-0.05, 0) is 31.2 Å². The molecule has 0 aromatic heterocycles. The summed E-state index contributed by atoms with van der Waals surface area (Å²) in [6.07, 6.45) is 1.59. The van der Waals surface area contributed by atoms with Gasteiger partial charge < -0.3 is 9.84 Å². The number of carboxylic acids is 1. The van der Waals surface area contributed by atoms with Crippen LogP contribution in [0.25, 0.3) is 0 Å². The van der Waals surface area contributed by atoms with E-state index in [1.807, 2.05) is 37.3 Å². The third-order valence-electron chi connectivity index (χ3n) is 2.72. The first-order valence-corrected chi connectivity index (χ1v) is 6.44. The van der Waals surface area contributed by atoms with Gasteiger partial charge >= 0.3 is 5.97 Å². The summed E-state index contributed by atoms with van der Waals surface area (Å²) < 4.78 is 5.20. The number of aliphatic carboxylic acids is 1. The Bertz CT molecular complexity index is 636. The minimum atomic E-state index is -1.01. The van der Waals surface area contributed by atoms with Gasteiger partial charge in [-0.15, -0.1) is 0 Å². The molecule has 5 heteroatoms. The summed E-state index contributed by atoms with van der Waals surface area (Å²) in [7, 11) is 0. The molecule has 0 saturated heterocycles. The molecule has 21 heavy (non-hydrogen) atoms. The monoisotopic (exact) mass is 284 g/mol. The summed E-state index contributed by atoms with van der Waals surface area (Å²) in [5, 5.41) is 12.8. The van der Waals surface area contributed by atoms with E-state index in [9.17, 15) is 4.79 Å². The average molecular weight is 284 g/mol. The lowest BCUT2D eigenvalue weighted by atomic mass is 10.2. The minimum absolute atomic E-state index is 0.379. The van der Waals surface area contributed by atoms with Gasteiger partial charge in [0, 0.05) is 5.56 Å². The smallest absolute Gasteiger partial charge is 0.341 e.